The standard InChI is InChI=1S/C20H19BrN2O3S/c1-3-12-5-7-14(8-6-12)22-20-23-19(25)17(27-20)11-13-9-15(21)18(24)16(10-13)26-4-2/h5-11,24H,3-4H2,1-2H3,(H,22,23,25)/b17-11+. The first kappa shape index (κ1) is 19.5. The molecule has 1 amide bonds. The molecule has 0 aliphatic carbocycles. The van der Waals surface area contributed by atoms with Crippen LogP contribution in [0.2, 0.25) is 0 Å². The van der Waals surface area contributed by atoms with Crippen molar-refractivity contribution in [3.8, 4) is 11.5 Å². The van der Waals surface area contributed by atoms with Crippen LogP contribution in [0.15, 0.2) is 50.8 Å². The van der Waals surface area contributed by atoms with Gasteiger partial charge in [-0.15, -0.1) is 0 Å². The Morgan fingerprint density at radius 2 is 2.00 bits per heavy atom. The lowest BCUT2D eigenvalue weighted by Crippen LogP contribution is -2.19. The molecule has 2 N–H and O–H groups in total. The molecule has 0 radical (unpaired) electrons. The quantitative estimate of drug-likeness (QED) is 0.633. The average molecular weight is 447 g/mol. The molecule has 7 heteroatoms. The maximum Gasteiger partial charge on any atom is 0.264 e. The number of ether oxygens (including phenoxy) is 1. The second kappa shape index (κ2) is 8.63. The molecule has 1 aliphatic heterocycles. The Morgan fingerprint density at radius 1 is 1.26 bits per heavy atom. The lowest BCUT2D eigenvalue weighted by molar-refractivity contribution is -0.115. The van der Waals surface area contributed by atoms with Crippen molar-refractivity contribution in [2.75, 3.05) is 6.61 Å². The molecule has 5 nitrogen and oxygen atoms in total. The average Bonchev–Trinajstić information content (AvgIpc) is 2.99. The summed E-state index contributed by atoms with van der Waals surface area (Å²) in [4.78, 5) is 17.3. The summed E-state index contributed by atoms with van der Waals surface area (Å²) in [6, 6.07) is 11.4. The number of benzene rings is 2. The number of rotatable bonds is 5. The fourth-order valence-corrected chi connectivity index (χ4v) is 3.80. The summed E-state index contributed by atoms with van der Waals surface area (Å²) in [5.41, 5.74) is 2.78. The Bertz CT molecular complexity index is 924. The maximum atomic E-state index is 12.3. The molecule has 0 atom stereocenters. The van der Waals surface area contributed by atoms with E-state index in [-0.39, 0.29) is 11.7 Å². The molecule has 3 rings (SSSR count). The zero-order valence-electron chi connectivity index (χ0n) is 15.0. The fourth-order valence-electron chi connectivity index (χ4n) is 2.50. The van der Waals surface area contributed by atoms with Crippen molar-refractivity contribution in [1.29, 1.82) is 0 Å². The maximum absolute atomic E-state index is 12.3. The van der Waals surface area contributed by atoms with Crippen molar-refractivity contribution >= 4 is 50.5 Å². The van der Waals surface area contributed by atoms with Gasteiger partial charge in [0, 0.05) is 0 Å². The summed E-state index contributed by atoms with van der Waals surface area (Å²) in [5, 5.41) is 13.3. The number of phenolic OH excluding ortho intramolecular Hbond substituents is 1. The highest BCUT2D eigenvalue weighted by molar-refractivity contribution is 9.10. The van der Waals surface area contributed by atoms with Crippen LogP contribution < -0.4 is 10.1 Å². The van der Waals surface area contributed by atoms with Crippen molar-refractivity contribution in [2.45, 2.75) is 20.3 Å². The third-order valence-electron chi connectivity index (χ3n) is 3.87. The molecular formula is C20H19BrN2O3S. The van der Waals surface area contributed by atoms with E-state index in [1.54, 1.807) is 18.2 Å². The SMILES string of the molecule is CCOc1cc(/C=C2/SC(=Nc3ccc(CC)cc3)NC2=O)cc(Br)c1O. The van der Waals surface area contributed by atoms with Gasteiger partial charge in [-0.3, -0.25) is 4.79 Å². The Hall–Kier alpha value is -2.25. The molecule has 27 heavy (non-hydrogen) atoms. The van der Waals surface area contributed by atoms with Crippen molar-refractivity contribution in [2.24, 2.45) is 4.99 Å². The van der Waals surface area contributed by atoms with E-state index in [1.165, 1.54) is 17.3 Å². The van der Waals surface area contributed by atoms with Crippen LogP contribution in [-0.4, -0.2) is 22.8 Å². The minimum atomic E-state index is -0.203. The highest BCUT2D eigenvalue weighted by atomic mass is 79.9. The summed E-state index contributed by atoms with van der Waals surface area (Å²) in [7, 11) is 0. The molecule has 1 saturated heterocycles. The number of aromatic hydroxyl groups is 1. The third-order valence-corrected chi connectivity index (χ3v) is 5.39. The van der Waals surface area contributed by atoms with Gasteiger partial charge in [0.25, 0.3) is 5.91 Å². The third kappa shape index (κ3) is 4.73. The second-order valence-corrected chi connectivity index (χ2v) is 7.67. The van der Waals surface area contributed by atoms with E-state index in [1.807, 2.05) is 31.2 Å². The van der Waals surface area contributed by atoms with Crippen LogP contribution in [0.4, 0.5) is 5.69 Å². The van der Waals surface area contributed by atoms with E-state index in [0.717, 1.165) is 17.7 Å². The van der Waals surface area contributed by atoms with E-state index in [2.05, 4.69) is 33.2 Å². The van der Waals surface area contributed by atoms with Crippen LogP contribution in [0.5, 0.6) is 11.5 Å². The zero-order chi connectivity index (χ0) is 19.4. The lowest BCUT2D eigenvalue weighted by atomic mass is 10.2. The van der Waals surface area contributed by atoms with E-state index in [4.69, 9.17) is 4.74 Å². The van der Waals surface area contributed by atoms with E-state index in [9.17, 15) is 9.90 Å². The number of carbonyl (C=O) groups excluding carboxylic acids is 1. The molecule has 0 saturated carbocycles. The number of aliphatic imine (C=N–C) groups is 1. The van der Waals surface area contributed by atoms with Crippen molar-refractivity contribution < 1.29 is 14.6 Å². The summed E-state index contributed by atoms with van der Waals surface area (Å²) >= 11 is 4.59. The minimum absolute atomic E-state index is 0.0419. The predicted molar refractivity (Wildman–Crippen MR) is 114 cm³/mol. The summed E-state index contributed by atoms with van der Waals surface area (Å²) in [6.45, 7) is 4.38. The fraction of sp³-hybridized carbons (Fsp3) is 0.200. The van der Waals surface area contributed by atoms with Gasteiger partial charge < -0.3 is 15.2 Å². The molecule has 0 spiro atoms. The number of carbonyl (C=O) groups is 1. The highest BCUT2D eigenvalue weighted by Crippen LogP contribution is 2.37. The smallest absolute Gasteiger partial charge is 0.264 e. The normalized spacial score (nSPS) is 16.8. The van der Waals surface area contributed by atoms with Gasteiger partial charge in [0.05, 0.1) is 21.7 Å². The van der Waals surface area contributed by atoms with Crippen LogP contribution in [0.25, 0.3) is 6.08 Å². The molecule has 2 aromatic rings. The van der Waals surface area contributed by atoms with Crippen molar-refractivity contribution in [3.63, 3.8) is 0 Å². The molecule has 0 bridgehead atoms. The number of phenols is 1. The van der Waals surface area contributed by atoms with Gasteiger partial charge in [0.1, 0.15) is 0 Å². The Morgan fingerprint density at radius 3 is 2.67 bits per heavy atom. The van der Waals surface area contributed by atoms with Gasteiger partial charge in [-0.2, -0.15) is 0 Å². The van der Waals surface area contributed by atoms with E-state index in [0.29, 0.717) is 26.9 Å². The van der Waals surface area contributed by atoms with E-state index < -0.39 is 0 Å². The largest absolute Gasteiger partial charge is 0.503 e. The molecular weight excluding hydrogens is 428 g/mol. The number of halogens is 1. The number of hydrogen-bond donors (Lipinski definition) is 2. The van der Waals surface area contributed by atoms with Crippen LogP contribution in [0, 0.1) is 0 Å². The number of aryl methyl sites for hydroxylation is 1. The number of nitrogens with zero attached hydrogens (tertiary/aromatic N) is 1. The molecule has 0 unspecified atom stereocenters. The summed E-state index contributed by atoms with van der Waals surface area (Å²) < 4.78 is 5.94. The molecule has 1 aliphatic rings. The van der Waals surface area contributed by atoms with Crippen LogP contribution >= 0.6 is 27.7 Å². The van der Waals surface area contributed by atoms with Crippen molar-refractivity contribution in [1.82, 2.24) is 5.32 Å². The topological polar surface area (TPSA) is 70.9 Å². The zero-order valence-corrected chi connectivity index (χ0v) is 17.4. The lowest BCUT2D eigenvalue weighted by Gasteiger charge is -2.08. The first-order valence-electron chi connectivity index (χ1n) is 8.54. The molecule has 1 fully saturated rings. The number of nitrogens with one attached hydrogen (secondary N) is 1. The first-order valence-corrected chi connectivity index (χ1v) is 10.1. The monoisotopic (exact) mass is 446 g/mol. The first-order chi connectivity index (χ1) is 13.0. The minimum Gasteiger partial charge on any atom is -0.503 e. The molecule has 0 aromatic heterocycles. The highest BCUT2D eigenvalue weighted by Gasteiger charge is 2.24. The van der Waals surface area contributed by atoms with Crippen LogP contribution in [0.3, 0.4) is 0 Å². The number of hydrogen-bond acceptors (Lipinski definition) is 5. The molecule has 2 aromatic carbocycles. The van der Waals surface area contributed by atoms with Gasteiger partial charge in [-0.1, -0.05) is 19.1 Å². The van der Waals surface area contributed by atoms with Gasteiger partial charge in [-0.05, 0) is 82.5 Å². The summed E-state index contributed by atoms with van der Waals surface area (Å²) in [5.74, 6) is 0.207. The Balaban J connectivity index is 1.83. The number of thioether (sulfide) groups is 1. The van der Waals surface area contributed by atoms with Gasteiger partial charge >= 0.3 is 0 Å². The number of amidine groups is 1. The van der Waals surface area contributed by atoms with Crippen LogP contribution in [-0.2, 0) is 11.2 Å². The van der Waals surface area contributed by atoms with Crippen LogP contribution in [0.1, 0.15) is 25.0 Å². The summed E-state index contributed by atoms with van der Waals surface area (Å²) in [6.07, 6.45) is 2.72. The Labute approximate surface area is 170 Å². The predicted octanol–water partition coefficient (Wildman–Crippen LogP) is 5.01. The Kier molecular flexibility index (Phi) is 6.23. The van der Waals surface area contributed by atoms with Crippen molar-refractivity contribution in [3.05, 3.63) is 56.9 Å². The van der Waals surface area contributed by atoms with Gasteiger partial charge in [-0.25, -0.2) is 4.99 Å². The van der Waals surface area contributed by atoms with Gasteiger partial charge in [0.15, 0.2) is 16.7 Å². The molecule has 140 valence electrons. The number of amides is 1. The van der Waals surface area contributed by atoms with Gasteiger partial charge in [0.2, 0.25) is 0 Å². The van der Waals surface area contributed by atoms with E-state index >= 15 is 0 Å². The molecule has 1 heterocycles. The second-order valence-electron chi connectivity index (χ2n) is 5.78.